The van der Waals surface area contributed by atoms with Crippen molar-refractivity contribution in [3.8, 4) is 5.75 Å². The number of hydrogen-bond acceptors (Lipinski definition) is 4. The minimum atomic E-state index is -3.54. The van der Waals surface area contributed by atoms with Crippen molar-refractivity contribution >= 4 is 21.6 Å². The first-order chi connectivity index (χ1) is 13.1. The normalized spacial score (nSPS) is 17.5. The molecule has 1 heterocycles. The molecule has 1 aliphatic rings. The van der Waals surface area contributed by atoms with Gasteiger partial charge in [-0.3, -0.25) is 9.10 Å². The second-order valence-corrected chi connectivity index (χ2v) is 9.35. The summed E-state index contributed by atoms with van der Waals surface area (Å²) in [5, 5.41) is 2.94. The fourth-order valence-electron chi connectivity index (χ4n) is 3.24. The average molecular weight is 403 g/mol. The van der Waals surface area contributed by atoms with E-state index in [0.29, 0.717) is 11.4 Å². The third-order valence-electron chi connectivity index (χ3n) is 5.07. The highest BCUT2D eigenvalue weighted by Gasteiger charge is 2.35. The number of benzene rings is 2. The van der Waals surface area contributed by atoms with Crippen LogP contribution in [0.15, 0.2) is 36.4 Å². The lowest BCUT2D eigenvalue weighted by Gasteiger charge is -2.34. The Morgan fingerprint density at radius 1 is 1.14 bits per heavy atom. The summed E-state index contributed by atoms with van der Waals surface area (Å²) in [6.07, 6.45) is 0.218. The summed E-state index contributed by atoms with van der Waals surface area (Å²) in [5.74, 6) is 0.0480. The maximum Gasteiger partial charge on any atom is 0.263 e. The van der Waals surface area contributed by atoms with Crippen LogP contribution in [-0.2, 0) is 14.8 Å². The molecule has 2 aromatic carbocycles. The fraction of sp³-hybridized carbons (Fsp3) is 0.381. The molecule has 7 heteroatoms. The van der Waals surface area contributed by atoms with E-state index in [1.807, 2.05) is 52.0 Å². The first-order valence-electron chi connectivity index (χ1n) is 9.19. The summed E-state index contributed by atoms with van der Waals surface area (Å²) >= 11 is 0. The minimum absolute atomic E-state index is 0.0548. The van der Waals surface area contributed by atoms with Crippen molar-refractivity contribution in [1.29, 1.82) is 0 Å². The first-order valence-corrected chi connectivity index (χ1v) is 11.0. The quantitative estimate of drug-likeness (QED) is 0.853. The predicted molar refractivity (Wildman–Crippen MR) is 110 cm³/mol. The first kappa shape index (κ1) is 20.2. The van der Waals surface area contributed by atoms with Crippen LogP contribution in [0.1, 0.15) is 35.2 Å². The topological polar surface area (TPSA) is 75.7 Å². The van der Waals surface area contributed by atoms with E-state index in [0.717, 1.165) is 22.9 Å². The van der Waals surface area contributed by atoms with Gasteiger partial charge in [-0.2, -0.15) is 0 Å². The molecule has 0 spiro atoms. The molecule has 1 N–H and O–H groups in total. The van der Waals surface area contributed by atoms with Crippen molar-refractivity contribution < 1.29 is 17.9 Å². The number of nitrogens with zero attached hydrogens (tertiary/aromatic N) is 1. The van der Waals surface area contributed by atoms with Crippen LogP contribution in [-0.4, -0.2) is 33.2 Å². The van der Waals surface area contributed by atoms with Gasteiger partial charge in [0.25, 0.3) is 5.91 Å². The van der Waals surface area contributed by atoms with Gasteiger partial charge in [0.15, 0.2) is 6.10 Å². The number of carbonyl (C=O) groups is 1. The zero-order valence-electron chi connectivity index (χ0n) is 16.8. The molecule has 3 rings (SSSR count). The molecule has 150 valence electrons. The molecule has 0 bridgehead atoms. The van der Waals surface area contributed by atoms with Crippen LogP contribution in [0.4, 0.5) is 5.69 Å². The van der Waals surface area contributed by atoms with Crippen LogP contribution < -0.4 is 14.4 Å². The largest absolute Gasteiger partial charge is 0.476 e. The molecular formula is C21H26N2O4S. The molecule has 0 aliphatic carbocycles. The van der Waals surface area contributed by atoms with Gasteiger partial charge in [-0.15, -0.1) is 0 Å². The van der Waals surface area contributed by atoms with E-state index in [1.165, 1.54) is 9.87 Å². The number of hydrogen-bond donors (Lipinski definition) is 1. The van der Waals surface area contributed by atoms with Gasteiger partial charge < -0.3 is 10.1 Å². The Morgan fingerprint density at radius 2 is 1.86 bits per heavy atom. The van der Waals surface area contributed by atoms with Crippen LogP contribution in [0.5, 0.6) is 5.75 Å². The molecule has 28 heavy (non-hydrogen) atoms. The number of aryl methyl sites for hydroxylation is 3. The number of rotatable bonds is 4. The van der Waals surface area contributed by atoms with Crippen LogP contribution in [0.2, 0.25) is 0 Å². The number of fused-ring (bicyclic) bond motifs is 1. The Hall–Kier alpha value is -2.54. The molecule has 0 unspecified atom stereocenters. The summed E-state index contributed by atoms with van der Waals surface area (Å²) in [6.45, 7) is 7.79. The maximum atomic E-state index is 12.8. The third-order valence-corrected chi connectivity index (χ3v) is 6.21. The van der Waals surface area contributed by atoms with E-state index in [4.69, 9.17) is 4.74 Å². The van der Waals surface area contributed by atoms with Gasteiger partial charge in [-0.05, 0) is 62.1 Å². The Kier molecular flexibility index (Phi) is 5.39. The third kappa shape index (κ3) is 4.14. The summed E-state index contributed by atoms with van der Waals surface area (Å²) in [6, 6.07) is 11.1. The smallest absolute Gasteiger partial charge is 0.263 e. The van der Waals surface area contributed by atoms with E-state index in [1.54, 1.807) is 12.1 Å². The summed E-state index contributed by atoms with van der Waals surface area (Å²) in [7, 11) is -3.54. The highest BCUT2D eigenvalue weighted by Crippen LogP contribution is 2.35. The zero-order valence-corrected chi connectivity index (χ0v) is 17.6. The number of anilines is 1. The van der Waals surface area contributed by atoms with Gasteiger partial charge in [-0.1, -0.05) is 24.3 Å². The van der Waals surface area contributed by atoms with Gasteiger partial charge in [0.2, 0.25) is 10.0 Å². The van der Waals surface area contributed by atoms with Gasteiger partial charge in [0.1, 0.15) is 5.75 Å². The molecule has 1 amide bonds. The average Bonchev–Trinajstić information content (AvgIpc) is 2.62. The fourth-order valence-corrected chi connectivity index (χ4v) is 4.14. The maximum absolute atomic E-state index is 12.8. The van der Waals surface area contributed by atoms with E-state index >= 15 is 0 Å². The number of amides is 1. The predicted octanol–water partition coefficient (Wildman–Crippen LogP) is 3.02. The number of ether oxygens (including phenoxy) is 1. The molecule has 0 saturated carbocycles. The molecule has 1 aliphatic heterocycles. The Bertz CT molecular complexity index is 1020. The zero-order chi connectivity index (χ0) is 20.6. The van der Waals surface area contributed by atoms with Crippen LogP contribution in [0.25, 0.3) is 0 Å². The molecule has 2 aromatic rings. The lowest BCUT2D eigenvalue weighted by Crippen LogP contribution is -2.50. The highest BCUT2D eigenvalue weighted by atomic mass is 32.2. The van der Waals surface area contributed by atoms with Crippen LogP contribution >= 0.6 is 0 Å². The summed E-state index contributed by atoms with van der Waals surface area (Å²) in [5.41, 5.74) is 4.72. The molecule has 0 aromatic heterocycles. The molecule has 2 atom stereocenters. The van der Waals surface area contributed by atoms with E-state index in [9.17, 15) is 13.2 Å². The van der Waals surface area contributed by atoms with Crippen molar-refractivity contribution in [2.75, 3.05) is 17.1 Å². The number of nitrogens with one attached hydrogen (secondary N) is 1. The Balaban J connectivity index is 1.82. The molecule has 0 saturated heterocycles. The second kappa shape index (κ2) is 7.47. The van der Waals surface area contributed by atoms with Crippen molar-refractivity contribution in [3.63, 3.8) is 0 Å². The summed E-state index contributed by atoms with van der Waals surface area (Å²) in [4.78, 5) is 12.8. The minimum Gasteiger partial charge on any atom is -0.476 e. The van der Waals surface area contributed by atoms with E-state index in [2.05, 4.69) is 5.32 Å². The highest BCUT2D eigenvalue weighted by molar-refractivity contribution is 7.92. The van der Waals surface area contributed by atoms with Crippen LogP contribution in [0, 0.1) is 20.8 Å². The van der Waals surface area contributed by atoms with E-state index < -0.39 is 16.1 Å². The molecular weight excluding hydrogens is 376 g/mol. The van der Waals surface area contributed by atoms with E-state index in [-0.39, 0.29) is 18.5 Å². The lowest BCUT2D eigenvalue weighted by atomic mass is 10.0. The van der Waals surface area contributed by atoms with Crippen molar-refractivity contribution in [2.24, 2.45) is 0 Å². The SMILES string of the molecule is Cc1ccc2c(c1)N(S(C)(=O)=O)C[C@H](C(=O)N[C@@H](C)c1ccc(C)c(C)c1)O2. The van der Waals surface area contributed by atoms with Gasteiger partial charge in [0.05, 0.1) is 24.5 Å². The Morgan fingerprint density at radius 3 is 2.50 bits per heavy atom. The molecule has 0 fully saturated rings. The lowest BCUT2D eigenvalue weighted by molar-refractivity contribution is -0.128. The number of sulfonamides is 1. The van der Waals surface area contributed by atoms with Gasteiger partial charge >= 0.3 is 0 Å². The standard InChI is InChI=1S/C21H26N2O4S/c1-13-6-9-19-18(10-13)23(28(5,25)26)12-20(27-19)21(24)22-16(4)17-8-7-14(2)15(3)11-17/h6-11,16,20H,12H2,1-5H3,(H,22,24)/t16-,20+/m0/s1. The second-order valence-electron chi connectivity index (χ2n) is 7.45. The molecule has 6 nitrogen and oxygen atoms in total. The molecule has 0 radical (unpaired) electrons. The van der Waals surface area contributed by atoms with Crippen LogP contribution in [0.3, 0.4) is 0 Å². The van der Waals surface area contributed by atoms with Crippen molar-refractivity contribution in [2.45, 2.75) is 39.8 Å². The summed E-state index contributed by atoms with van der Waals surface area (Å²) < 4.78 is 31.6. The van der Waals surface area contributed by atoms with Crippen molar-refractivity contribution in [1.82, 2.24) is 5.32 Å². The van der Waals surface area contributed by atoms with Gasteiger partial charge in [-0.25, -0.2) is 8.42 Å². The van der Waals surface area contributed by atoms with Gasteiger partial charge in [0, 0.05) is 0 Å². The monoisotopic (exact) mass is 402 g/mol. The Labute approximate surface area is 166 Å². The van der Waals surface area contributed by atoms with Crippen molar-refractivity contribution in [3.05, 3.63) is 58.7 Å². The number of carbonyl (C=O) groups excluding carboxylic acids is 1.